The summed E-state index contributed by atoms with van der Waals surface area (Å²) in [6, 6.07) is 0.656. The Kier molecular flexibility index (Phi) is 7.97. The van der Waals surface area contributed by atoms with Crippen molar-refractivity contribution in [3.8, 4) is 0 Å². The Bertz CT molecular complexity index is 226. The zero-order valence-corrected chi connectivity index (χ0v) is 13.1. The van der Waals surface area contributed by atoms with Gasteiger partial charge in [-0.3, -0.25) is 0 Å². The van der Waals surface area contributed by atoms with E-state index in [1.807, 2.05) is 0 Å². The highest BCUT2D eigenvalue weighted by Crippen LogP contribution is 2.22. The van der Waals surface area contributed by atoms with Crippen molar-refractivity contribution in [2.75, 3.05) is 13.1 Å². The molecule has 0 rings (SSSR count). The molecule has 0 radical (unpaired) electrons. The molecular formula is C14H30N2S. The molecule has 102 valence electrons. The van der Waals surface area contributed by atoms with Crippen LogP contribution in [0.4, 0.5) is 0 Å². The maximum absolute atomic E-state index is 5.78. The van der Waals surface area contributed by atoms with Gasteiger partial charge in [-0.05, 0) is 39.3 Å². The maximum atomic E-state index is 5.78. The highest BCUT2D eigenvalue weighted by Gasteiger charge is 2.23. The highest BCUT2D eigenvalue weighted by molar-refractivity contribution is 7.80. The fourth-order valence-corrected chi connectivity index (χ4v) is 1.82. The van der Waals surface area contributed by atoms with E-state index in [1.165, 1.54) is 25.8 Å². The fourth-order valence-electron chi connectivity index (χ4n) is 1.72. The molecule has 0 bridgehead atoms. The zero-order chi connectivity index (χ0) is 13.5. The Morgan fingerprint density at radius 1 is 1.29 bits per heavy atom. The summed E-state index contributed by atoms with van der Waals surface area (Å²) in [6.45, 7) is 13.4. The van der Waals surface area contributed by atoms with Gasteiger partial charge in [0.15, 0.2) is 0 Å². The minimum absolute atomic E-state index is 0.0206. The Balaban J connectivity index is 4.29. The largest absolute Gasteiger partial charge is 0.393 e. The predicted molar refractivity (Wildman–Crippen MR) is 81.4 cm³/mol. The molecule has 0 fully saturated rings. The summed E-state index contributed by atoms with van der Waals surface area (Å²) in [6.07, 6.45) is 4.79. The third-order valence-electron chi connectivity index (χ3n) is 3.70. The SMILES string of the molecule is CCCCN(CCC(C)(C)C(N)=S)C(C)CC. The standard InChI is InChI=1S/C14H30N2S/c1-6-8-10-16(12(3)7-2)11-9-14(4,5)13(15)17/h12H,6-11H2,1-5H3,(H2,15,17). The molecule has 0 saturated carbocycles. The second-order valence-corrected chi connectivity index (χ2v) is 6.08. The van der Waals surface area contributed by atoms with Crippen LogP contribution in [0.5, 0.6) is 0 Å². The van der Waals surface area contributed by atoms with E-state index >= 15 is 0 Å². The number of hydrogen-bond acceptors (Lipinski definition) is 2. The van der Waals surface area contributed by atoms with Crippen LogP contribution in [-0.2, 0) is 0 Å². The van der Waals surface area contributed by atoms with Gasteiger partial charge in [0, 0.05) is 11.5 Å². The van der Waals surface area contributed by atoms with E-state index in [-0.39, 0.29) is 5.41 Å². The van der Waals surface area contributed by atoms with Crippen LogP contribution in [0, 0.1) is 5.41 Å². The van der Waals surface area contributed by atoms with E-state index in [4.69, 9.17) is 18.0 Å². The number of hydrogen-bond donors (Lipinski definition) is 1. The Hall–Kier alpha value is -0.150. The van der Waals surface area contributed by atoms with E-state index in [1.54, 1.807) is 0 Å². The van der Waals surface area contributed by atoms with Gasteiger partial charge >= 0.3 is 0 Å². The van der Waals surface area contributed by atoms with Gasteiger partial charge in [0.05, 0.1) is 4.99 Å². The molecule has 0 aromatic carbocycles. The quantitative estimate of drug-likeness (QED) is 0.641. The van der Waals surface area contributed by atoms with Crippen LogP contribution in [0.2, 0.25) is 0 Å². The van der Waals surface area contributed by atoms with Gasteiger partial charge in [0.2, 0.25) is 0 Å². The molecule has 0 amide bonds. The lowest BCUT2D eigenvalue weighted by Crippen LogP contribution is -2.39. The molecule has 0 aromatic rings. The third kappa shape index (κ3) is 6.37. The van der Waals surface area contributed by atoms with Crippen molar-refractivity contribution in [3.63, 3.8) is 0 Å². The first-order valence-corrected chi connectivity index (χ1v) is 7.30. The van der Waals surface area contributed by atoms with E-state index in [2.05, 4.69) is 39.5 Å². The first kappa shape index (κ1) is 16.9. The van der Waals surface area contributed by atoms with Gasteiger partial charge in [-0.15, -0.1) is 0 Å². The lowest BCUT2D eigenvalue weighted by molar-refractivity contribution is 0.183. The zero-order valence-electron chi connectivity index (χ0n) is 12.3. The molecule has 0 aliphatic heterocycles. The molecule has 2 N–H and O–H groups in total. The average molecular weight is 258 g/mol. The van der Waals surface area contributed by atoms with Gasteiger partial charge < -0.3 is 10.6 Å². The number of nitrogens with zero attached hydrogens (tertiary/aromatic N) is 1. The normalized spacial score (nSPS) is 14.0. The number of nitrogens with two attached hydrogens (primary N) is 1. The van der Waals surface area contributed by atoms with Crippen molar-refractivity contribution in [1.29, 1.82) is 0 Å². The topological polar surface area (TPSA) is 29.3 Å². The molecule has 2 nitrogen and oxygen atoms in total. The number of thiocarbonyl (C=S) groups is 1. The summed E-state index contributed by atoms with van der Waals surface area (Å²) in [5.74, 6) is 0. The summed E-state index contributed by atoms with van der Waals surface area (Å²) in [5, 5.41) is 0. The van der Waals surface area contributed by atoms with Crippen LogP contribution in [0.1, 0.15) is 60.3 Å². The van der Waals surface area contributed by atoms with Gasteiger partial charge in [-0.25, -0.2) is 0 Å². The molecule has 1 unspecified atom stereocenters. The molecule has 0 heterocycles. The van der Waals surface area contributed by atoms with Gasteiger partial charge in [-0.2, -0.15) is 0 Å². The lowest BCUT2D eigenvalue weighted by atomic mass is 9.89. The van der Waals surface area contributed by atoms with Crippen molar-refractivity contribution in [3.05, 3.63) is 0 Å². The molecule has 0 saturated heterocycles. The monoisotopic (exact) mass is 258 g/mol. The maximum Gasteiger partial charge on any atom is 0.0784 e. The van der Waals surface area contributed by atoms with Crippen molar-refractivity contribution < 1.29 is 0 Å². The highest BCUT2D eigenvalue weighted by atomic mass is 32.1. The molecule has 3 heteroatoms. The van der Waals surface area contributed by atoms with Crippen LogP contribution in [0.3, 0.4) is 0 Å². The molecule has 0 aromatic heterocycles. The molecular weight excluding hydrogens is 228 g/mol. The first-order chi connectivity index (χ1) is 7.85. The summed E-state index contributed by atoms with van der Waals surface area (Å²) in [4.78, 5) is 3.21. The van der Waals surface area contributed by atoms with Crippen molar-refractivity contribution >= 4 is 17.2 Å². The average Bonchev–Trinajstić information content (AvgIpc) is 2.28. The van der Waals surface area contributed by atoms with Crippen molar-refractivity contribution in [2.24, 2.45) is 11.1 Å². The summed E-state index contributed by atoms with van der Waals surface area (Å²) >= 11 is 5.12. The fraction of sp³-hybridized carbons (Fsp3) is 0.929. The third-order valence-corrected chi connectivity index (χ3v) is 4.26. The Morgan fingerprint density at radius 3 is 2.29 bits per heavy atom. The van der Waals surface area contributed by atoms with Crippen LogP contribution in [-0.4, -0.2) is 29.0 Å². The second kappa shape index (κ2) is 8.04. The smallest absolute Gasteiger partial charge is 0.0784 e. The van der Waals surface area contributed by atoms with Gasteiger partial charge in [0.25, 0.3) is 0 Å². The summed E-state index contributed by atoms with van der Waals surface area (Å²) in [7, 11) is 0. The van der Waals surface area contributed by atoms with Gasteiger partial charge in [0.1, 0.15) is 0 Å². The van der Waals surface area contributed by atoms with E-state index in [9.17, 15) is 0 Å². The predicted octanol–water partition coefficient (Wildman–Crippen LogP) is 3.59. The van der Waals surface area contributed by atoms with Gasteiger partial charge in [-0.1, -0.05) is 46.3 Å². The van der Waals surface area contributed by atoms with Crippen LogP contribution in [0.15, 0.2) is 0 Å². The van der Waals surface area contributed by atoms with Crippen molar-refractivity contribution in [1.82, 2.24) is 4.90 Å². The minimum Gasteiger partial charge on any atom is -0.393 e. The van der Waals surface area contributed by atoms with Crippen LogP contribution in [0.25, 0.3) is 0 Å². The molecule has 0 aliphatic carbocycles. The van der Waals surface area contributed by atoms with Crippen LogP contribution < -0.4 is 5.73 Å². The van der Waals surface area contributed by atoms with E-state index in [0.717, 1.165) is 13.0 Å². The molecule has 0 spiro atoms. The van der Waals surface area contributed by atoms with E-state index < -0.39 is 0 Å². The van der Waals surface area contributed by atoms with Crippen LogP contribution >= 0.6 is 12.2 Å². The first-order valence-electron chi connectivity index (χ1n) is 6.89. The second-order valence-electron chi connectivity index (χ2n) is 5.64. The Morgan fingerprint density at radius 2 is 1.88 bits per heavy atom. The molecule has 0 aliphatic rings. The minimum atomic E-state index is -0.0206. The number of unbranched alkanes of at least 4 members (excludes halogenated alkanes) is 1. The van der Waals surface area contributed by atoms with Crippen molar-refractivity contribution in [2.45, 2.75) is 66.3 Å². The van der Waals surface area contributed by atoms with E-state index in [0.29, 0.717) is 11.0 Å². The summed E-state index contributed by atoms with van der Waals surface area (Å²) < 4.78 is 0. The number of rotatable bonds is 9. The Labute approximate surface area is 113 Å². The summed E-state index contributed by atoms with van der Waals surface area (Å²) in [5.41, 5.74) is 5.76. The molecule has 1 atom stereocenters. The lowest BCUT2D eigenvalue weighted by Gasteiger charge is -2.32. The molecule has 17 heavy (non-hydrogen) atoms.